The Balaban J connectivity index is 3.00. The van der Waals surface area contributed by atoms with Crippen molar-refractivity contribution in [3.63, 3.8) is 0 Å². The molecule has 3 heteroatoms. The van der Waals surface area contributed by atoms with Crippen molar-refractivity contribution in [1.29, 1.82) is 0 Å². The van der Waals surface area contributed by atoms with E-state index < -0.39 is 0 Å². The highest BCUT2D eigenvalue weighted by molar-refractivity contribution is 5.97. The van der Waals surface area contributed by atoms with Crippen molar-refractivity contribution in [2.45, 2.75) is 0 Å². The summed E-state index contributed by atoms with van der Waals surface area (Å²) >= 11 is 0. The standard InChI is InChI=1S/C10H7O3/c11-7-4-5-9(13)10-6(7)2-1-3-8(10)12/h1-5,11-12H. The van der Waals surface area contributed by atoms with Crippen LogP contribution in [-0.2, 0) is 5.11 Å². The summed E-state index contributed by atoms with van der Waals surface area (Å²) in [5.41, 5.74) is 0. The van der Waals surface area contributed by atoms with Gasteiger partial charge in [0.15, 0.2) is 5.75 Å². The Morgan fingerprint density at radius 3 is 2.38 bits per heavy atom. The minimum absolute atomic E-state index is 0.00509. The third-order valence-corrected chi connectivity index (χ3v) is 1.96. The van der Waals surface area contributed by atoms with Gasteiger partial charge in [-0.3, -0.25) is 5.11 Å². The molecule has 13 heavy (non-hydrogen) atoms. The third-order valence-electron chi connectivity index (χ3n) is 1.96. The molecule has 0 atom stereocenters. The quantitative estimate of drug-likeness (QED) is 0.645. The van der Waals surface area contributed by atoms with Crippen LogP contribution in [0.1, 0.15) is 0 Å². The molecule has 0 saturated heterocycles. The second-order valence-corrected chi connectivity index (χ2v) is 2.78. The molecule has 0 fully saturated rings. The number of phenols is 2. The summed E-state index contributed by atoms with van der Waals surface area (Å²) in [6.07, 6.45) is 0. The Bertz CT molecular complexity index is 455. The summed E-state index contributed by atoms with van der Waals surface area (Å²) in [6, 6.07) is 7.15. The van der Waals surface area contributed by atoms with Crippen LogP contribution < -0.4 is 0 Å². The van der Waals surface area contributed by atoms with Crippen molar-refractivity contribution in [1.82, 2.24) is 0 Å². The van der Waals surface area contributed by atoms with E-state index in [0.29, 0.717) is 5.39 Å². The molecular weight excluding hydrogens is 168 g/mol. The van der Waals surface area contributed by atoms with Gasteiger partial charge in [-0.2, -0.15) is 0 Å². The largest absolute Gasteiger partial charge is 0.507 e. The normalized spacial score (nSPS) is 10.5. The second kappa shape index (κ2) is 2.55. The summed E-state index contributed by atoms with van der Waals surface area (Å²) in [7, 11) is 0. The maximum Gasteiger partial charge on any atom is 0.190 e. The predicted molar refractivity (Wildman–Crippen MR) is 47.4 cm³/mol. The van der Waals surface area contributed by atoms with Gasteiger partial charge < -0.3 is 10.2 Å². The van der Waals surface area contributed by atoms with E-state index in [0.717, 1.165) is 0 Å². The van der Waals surface area contributed by atoms with E-state index in [-0.39, 0.29) is 22.6 Å². The molecule has 2 N–H and O–H groups in total. The monoisotopic (exact) mass is 175 g/mol. The first kappa shape index (κ1) is 7.73. The van der Waals surface area contributed by atoms with Gasteiger partial charge in [-0.1, -0.05) is 12.1 Å². The average molecular weight is 175 g/mol. The topological polar surface area (TPSA) is 60.4 Å². The molecule has 0 aliphatic heterocycles. The predicted octanol–water partition coefficient (Wildman–Crippen LogP) is 2.39. The van der Waals surface area contributed by atoms with Crippen LogP contribution in [-0.4, -0.2) is 10.2 Å². The fourth-order valence-electron chi connectivity index (χ4n) is 1.34. The highest BCUT2D eigenvalue weighted by atomic mass is 16.3. The number of aromatic hydroxyl groups is 2. The maximum atomic E-state index is 11.3. The Morgan fingerprint density at radius 2 is 1.69 bits per heavy atom. The summed E-state index contributed by atoms with van der Waals surface area (Å²) in [5, 5.41) is 30.6. The molecule has 0 heterocycles. The zero-order chi connectivity index (χ0) is 9.42. The minimum atomic E-state index is -0.286. The summed E-state index contributed by atoms with van der Waals surface area (Å²) < 4.78 is 0. The van der Waals surface area contributed by atoms with Crippen LogP contribution in [0.25, 0.3) is 10.8 Å². The summed E-state index contributed by atoms with van der Waals surface area (Å²) in [4.78, 5) is 0. The lowest BCUT2D eigenvalue weighted by atomic mass is 10.1. The van der Waals surface area contributed by atoms with Crippen molar-refractivity contribution < 1.29 is 15.3 Å². The molecule has 1 radical (unpaired) electrons. The van der Waals surface area contributed by atoms with Crippen molar-refractivity contribution in [3.8, 4) is 17.2 Å². The molecule has 0 aliphatic rings. The van der Waals surface area contributed by atoms with Gasteiger partial charge in [-0.05, 0) is 18.2 Å². The van der Waals surface area contributed by atoms with E-state index in [1.54, 1.807) is 12.1 Å². The molecule has 0 saturated carbocycles. The second-order valence-electron chi connectivity index (χ2n) is 2.78. The minimum Gasteiger partial charge on any atom is -0.507 e. The molecule has 2 rings (SSSR count). The van der Waals surface area contributed by atoms with E-state index in [2.05, 4.69) is 0 Å². The maximum absolute atomic E-state index is 11.3. The van der Waals surface area contributed by atoms with Crippen LogP contribution in [0.4, 0.5) is 0 Å². The van der Waals surface area contributed by atoms with E-state index in [4.69, 9.17) is 0 Å². The molecule has 0 bridgehead atoms. The van der Waals surface area contributed by atoms with Crippen molar-refractivity contribution in [3.05, 3.63) is 30.3 Å². The molecule has 0 spiro atoms. The lowest BCUT2D eigenvalue weighted by Crippen LogP contribution is -1.75. The number of benzene rings is 2. The SMILES string of the molecule is [O]c1ccc(O)c2cccc(O)c12. The third kappa shape index (κ3) is 1.05. The first-order chi connectivity index (χ1) is 6.20. The molecule has 0 unspecified atom stereocenters. The fraction of sp³-hybridized carbons (Fsp3) is 0. The molecule has 0 amide bonds. The van der Waals surface area contributed by atoms with E-state index in [9.17, 15) is 15.3 Å². The Labute approximate surface area is 74.5 Å². The highest BCUT2D eigenvalue weighted by Gasteiger charge is 2.08. The van der Waals surface area contributed by atoms with Crippen LogP contribution in [0.15, 0.2) is 30.3 Å². The molecular formula is C10H7O3. The van der Waals surface area contributed by atoms with Crippen molar-refractivity contribution >= 4 is 10.8 Å². The smallest absolute Gasteiger partial charge is 0.190 e. The molecule has 2 aromatic rings. The van der Waals surface area contributed by atoms with E-state index >= 15 is 0 Å². The summed E-state index contributed by atoms with van der Waals surface area (Å²) in [6.45, 7) is 0. The van der Waals surface area contributed by atoms with Crippen LogP contribution in [0, 0.1) is 0 Å². The lowest BCUT2D eigenvalue weighted by Gasteiger charge is -2.02. The zero-order valence-corrected chi connectivity index (χ0v) is 6.69. The Morgan fingerprint density at radius 1 is 0.923 bits per heavy atom. The number of hydrogen-bond donors (Lipinski definition) is 2. The first-order valence-electron chi connectivity index (χ1n) is 3.81. The number of hydrogen-bond acceptors (Lipinski definition) is 2. The van der Waals surface area contributed by atoms with Gasteiger partial charge in [-0.15, -0.1) is 0 Å². The van der Waals surface area contributed by atoms with Gasteiger partial charge >= 0.3 is 0 Å². The zero-order valence-electron chi connectivity index (χ0n) is 6.69. The van der Waals surface area contributed by atoms with Crippen LogP contribution in [0.5, 0.6) is 17.2 Å². The highest BCUT2D eigenvalue weighted by Crippen LogP contribution is 2.37. The average Bonchev–Trinajstić information content (AvgIpc) is 2.12. The van der Waals surface area contributed by atoms with Crippen molar-refractivity contribution in [2.24, 2.45) is 0 Å². The lowest BCUT2D eigenvalue weighted by molar-refractivity contribution is 0.357. The van der Waals surface area contributed by atoms with Gasteiger partial charge in [0, 0.05) is 5.39 Å². The summed E-state index contributed by atoms with van der Waals surface area (Å²) in [5.74, 6) is -0.380. The van der Waals surface area contributed by atoms with E-state index in [1.165, 1.54) is 18.2 Å². The molecule has 65 valence electrons. The van der Waals surface area contributed by atoms with Gasteiger partial charge in [-0.25, -0.2) is 0 Å². The Kier molecular flexibility index (Phi) is 1.52. The first-order valence-corrected chi connectivity index (χ1v) is 3.81. The number of fused-ring (bicyclic) bond motifs is 1. The molecule has 2 aromatic carbocycles. The van der Waals surface area contributed by atoms with E-state index in [1.807, 2.05) is 0 Å². The van der Waals surface area contributed by atoms with Crippen LogP contribution in [0.2, 0.25) is 0 Å². The number of rotatable bonds is 0. The molecule has 0 aliphatic carbocycles. The van der Waals surface area contributed by atoms with Gasteiger partial charge in [0.2, 0.25) is 0 Å². The Hall–Kier alpha value is -1.90. The van der Waals surface area contributed by atoms with Crippen LogP contribution in [0.3, 0.4) is 0 Å². The molecule has 0 aromatic heterocycles. The number of phenolic OH excluding ortho intramolecular Hbond substituents is 2. The van der Waals surface area contributed by atoms with Gasteiger partial charge in [0.1, 0.15) is 11.5 Å². The van der Waals surface area contributed by atoms with Crippen molar-refractivity contribution in [2.75, 3.05) is 0 Å². The molecule has 3 nitrogen and oxygen atoms in total. The van der Waals surface area contributed by atoms with Gasteiger partial charge in [0.05, 0.1) is 5.39 Å². The fourth-order valence-corrected chi connectivity index (χ4v) is 1.34. The van der Waals surface area contributed by atoms with Gasteiger partial charge in [0.25, 0.3) is 0 Å². The van der Waals surface area contributed by atoms with Crippen LogP contribution >= 0.6 is 0 Å².